The van der Waals surface area contributed by atoms with Gasteiger partial charge >= 0.3 is 0 Å². The largest absolute Gasteiger partial charge is 0.491 e. The second-order valence-electron chi connectivity index (χ2n) is 8.19. The van der Waals surface area contributed by atoms with Crippen molar-refractivity contribution in [2.75, 3.05) is 20.3 Å². The van der Waals surface area contributed by atoms with E-state index in [0.29, 0.717) is 31.0 Å². The molecule has 1 saturated carbocycles. The molecule has 2 heterocycles. The molecule has 2 aromatic heterocycles. The molecule has 4 rings (SSSR count). The first-order chi connectivity index (χ1) is 14.7. The Hall–Kier alpha value is -2.36. The number of fused-ring (bicyclic) bond motifs is 1. The fourth-order valence-corrected chi connectivity index (χ4v) is 4.99. The third-order valence-electron chi connectivity index (χ3n) is 5.79. The van der Waals surface area contributed by atoms with Crippen molar-refractivity contribution in [3.63, 3.8) is 0 Å². The van der Waals surface area contributed by atoms with Gasteiger partial charge in [-0.15, -0.1) is 23.7 Å². The quantitative estimate of drug-likeness (QED) is 0.281. The van der Waals surface area contributed by atoms with Gasteiger partial charge in [-0.2, -0.15) is 0 Å². The minimum absolute atomic E-state index is 0.357. The number of methoxy groups -OCH3 is 1. The lowest BCUT2D eigenvalue weighted by molar-refractivity contribution is 0.146. The molecule has 0 amide bonds. The van der Waals surface area contributed by atoms with Gasteiger partial charge in [-0.3, -0.25) is 0 Å². The van der Waals surface area contributed by atoms with Crippen LogP contribution in [0.25, 0.3) is 21.7 Å². The molecule has 3 aromatic rings. The molecule has 0 saturated heterocycles. The van der Waals surface area contributed by atoms with Gasteiger partial charge in [0, 0.05) is 37.1 Å². The number of nitrogens with zero attached hydrogens (tertiary/aromatic N) is 2. The average Bonchev–Trinajstić information content (AvgIpc) is 3.36. The molecule has 1 fully saturated rings. The van der Waals surface area contributed by atoms with Gasteiger partial charge in [-0.25, -0.2) is 9.97 Å². The summed E-state index contributed by atoms with van der Waals surface area (Å²) in [5.74, 6) is 6.04. The molecule has 1 aliphatic carbocycles. The molecule has 6 heteroatoms. The number of hydrogen-bond donors (Lipinski definition) is 0. The molecule has 5 nitrogen and oxygen atoms in total. The van der Waals surface area contributed by atoms with Crippen LogP contribution in [0.4, 0.5) is 0 Å². The zero-order valence-electron chi connectivity index (χ0n) is 17.6. The van der Waals surface area contributed by atoms with E-state index >= 15 is 0 Å². The lowest BCUT2D eigenvalue weighted by Crippen LogP contribution is -2.09. The average molecular weight is 425 g/mol. The third kappa shape index (κ3) is 4.85. The van der Waals surface area contributed by atoms with E-state index in [-0.39, 0.29) is 0 Å². The molecule has 1 aliphatic rings. The Morgan fingerprint density at radius 3 is 2.93 bits per heavy atom. The second kappa shape index (κ2) is 9.63. The highest BCUT2D eigenvalue weighted by atomic mass is 32.1. The first-order valence-corrected chi connectivity index (χ1v) is 11.5. The van der Waals surface area contributed by atoms with E-state index in [4.69, 9.17) is 25.3 Å². The van der Waals surface area contributed by atoms with Gasteiger partial charge in [0.15, 0.2) is 11.5 Å². The zero-order chi connectivity index (χ0) is 20.9. The van der Waals surface area contributed by atoms with Crippen molar-refractivity contribution in [3.8, 4) is 28.7 Å². The Balaban J connectivity index is 1.63. The second-order valence-corrected chi connectivity index (χ2v) is 9.09. The van der Waals surface area contributed by atoms with Gasteiger partial charge in [0.1, 0.15) is 22.9 Å². The Morgan fingerprint density at radius 2 is 2.17 bits per heavy atom. The van der Waals surface area contributed by atoms with E-state index in [1.807, 2.05) is 17.5 Å². The molecule has 0 aliphatic heterocycles. The van der Waals surface area contributed by atoms with Gasteiger partial charge in [-0.1, -0.05) is 6.92 Å². The number of rotatable bonds is 7. The summed E-state index contributed by atoms with van der Waals surface area (Å²) in [5, 5.41) is 2.86. The number of terminal acetylenes is 1. The summed E-state index contributed by atoms with van der Waals surface area (Å²) < 4.78 is 17.2. The summed E-state index contributed by atoms with van der Waals surface area (Å²) in [6, 6.07) is 3.92. The Kier molecular flexibility index (Phi) is 6.71. The molecule has 0 N–H and O–H groups in total. The van der Waals surface area contributed by atoms with Crippen LogP contribution in [0.1, 0.15) is 38.5 Å². The van der Waals surface area contributed by atoms with E-state index in [2.05, 4.69) is 17.8 Å². The normalized spacial score (nSPS) is 22.0. The molecular formula is C24H28N2O3S. The first-order valence-electron chi connectivity index (χ1n) is 10.6. The van der Waals surface area contributed by atoms with Gasteiger partial charge in [0.2, 0.25) is 0 Å². The van der Waals surface area contributed by atoms with Crippen molar-refractivity contribution < 1.29 is 13.9 Å². The van der Waals surface area contributed by atoms with Crippen molar-refractivity contribution in [2.45, 2.75) is 39.0 Å². The van der Waals surface area contributed by atoms with Crippen LogP contribution in [0.15, 0.2) is 28.1 Å². The van der Waals surface area contributed by atoms with Crippen molar-refractivity contribution in [1.82, 2.24) is 9.97 Å². The maximum Gasteiger partial charge on any atom is 0.195 e. The monoisotopic (exact) mass is 424 g/mol. The van der Waals surface area contributed by atoms with Crippen molar-refractivity contribution >= 4 is 22.4 Å². The van der Waals surface area contributed by atoms with E-state index in [0.717, 1.165) is 52.6 Å². The van der Waals surface area contributed by atoms with Crippen LogP contribution in [-0.4, -0.2) is 30.3 Å². The predicted molar refractivity (Wildman–Crippen MR) is 120 cm³/mol. The molecular weight excluding hydrogens is 396 g/mol. The van der Waals surface area contributed by atoms with E-state index in [1.165, 1.54) is 12.8 Å². The van der Waals surface area contributed by atoms with Gasteiger partial charge < -0.3 is 13.9 Å². The van der Waals surface area contributed by atoms with Crippen LogP contribution in [-0.2, 0) is 11.2 Å². The number of ether oxygens (including phenoxy) is 2. The van der Waals surface area contributed by atoms with Crippen LogP contribution in [0.5, 0.6) is 5.75 Å². The van der Waals surface area contributed by atoms with Crippen LogP contribution in [0.2, 0.25) is 0 Å². The topological polar surface area (TPSA) is 57.4 Å². The SMILES string of the molecule is C#CC1CCC(C)CC(Cc2nc3cc(OCCOC)cc(-c4nccs4)c3o2)C1. The maximum absolute atomic E-state index is 6.27. The summed E-state index contributed by atoms with van der Waals surface area (Å²) in [6.45, 7) is 3.34. The minimum Gasteiger partial charge on any atom is -0.491 e. The van der Waals surface area contributed by atoms with Gasteiger partial charge in [0.05, 0.1) is 12.2 Å². The highest BCUT2D eigenvalue weighted by Gasteiger charge is 2.25. The molecule has 3 atom stereocenters. The molecule has 1 aromatic carbocycles. The molecule has 0 radical (unpaired) electrons. The standard InChI is InChI=1S/C24H28N2O3S/c1-4-17-6-5-16(2)11-18(12-17)13-22-26-21-15-19(28-9-8-27-3)14-20(23(21)29-22)24-25-7-10-30-24/h1,7,10,14-18H,5-6,8-9,11-13H2,2-3H3. The van der Waals surface area contributed by atoms with Crippen molar-refractivity contribution in [1.29, 1.82) is 0 Å². The van der Waals surface area contributed by atoms with Crippen LogP contribution >= 0.6 is 11.3 Å². The molecule has 0 spiro atoms. The number of aromatic nitrogens is 2. The maximum atomic E-state index is 6.27. The smallest absolute Gasteiger partial charge is 0.195 e. The van der Waals surface area contributed by atoms with E-state index < -0.39 is 0 Å². The molecule has 30 heavy (non-hydrogen) atoms. The summed E-state index contributed by atoms with van der Waals surface area (Å²) in [7, 11) is 1.66. The Labute approximate surface area is 181 Å². The van der Waals surface area contributed by atoms with Gasteiger partial charge in [0.25, 0.3) is 0 Å². The minimum atomic E-state index is 0.357. The van der Waals surface area contributed by atoms with E-state index in [1.54, 1.807) is 24.6 Å². The predicted octanol–water partition coefficient (Wildman–Crippen LogP) is 5.59. The lowest BCUT2D eigenvalue weighted by Gasteiger charge is -2.16. The number of thiazole rings is 1. The number of hydrogen-bond acceptors (Lipinski definition) is 6. The van der Waals surface area contributed by atoms with E-state index in [9.17, 15) is 0 Å². The Bertz CT molecular complexity index is 1010. The van der Waals surface area contributed by atoms with Crippen LogP contribution < -0.4 is 4.74 Å². The number of benzene rings is 1. The highest BCUT2D eigenvalue weighted by Crippen LogP contribution is 2.37. The lowest BCUT2D eigenvalue weighted by atomic mass is 9.89. The highest BCUT2D eigenvalue weighted by molar-refractivity contribution is 7.13. The first kappa shape index (κ1) is 20.9. The fourth-order valence-electron chi connectivity index (χ4n) is 4.34. The molecule has 3 unspecified atom stereocenters. The summed E-state index contributed by atoms with van der Waals surface area (Å²) >= 11 is 1.58. The van der Waals surface area contributed by atoms with Crippen LogP contribution in [0, 0.1) is 30.1 Å². The third-order valence-corrected chi connectivity index (χ3v) is 6.59. The molecule has 0 bridgehead atoms. The summed E-state index contributed by atoms with van der Waals surface area (Å²) in [6.07, 6.45) is 12.9. The van der Waals surface area contributed by atoms with Crippen molar-refractivity contribution in [2.24, 2.45) is 17.8 Å². The molecule has 158 valence electrons. The van der Waals surface area contributed by atoms with Gasteiger partial charge in [-0.05, 0) is 43.6 Å². The van der Waals surface area contributed by atoms with Crippen molar-refractivity contribution in [3.05, 3.63) is 29.6 Å². The summed E-state index contributed by atoms with van der Waals surface area (Å²) in [5.41, 5.74) is 2.50. The summed E-state index contributed by atoms with van der Waals surface area (Å²) in [4.78, 5) is 9.29. The zero-order valence-corrected chi connectivity index (χ0v) is 18.4. The fraction of sp³-hybridized carbons (Fsp3) is 0.500. The van der Waals surface area contributed by atoms with Crippen LogP contribution in [0.3, 0.4) is 0 Å². The Morgan fingerprint density at radius 1 is 1.27 bits per heavy atom. The number of oxazole rings is 1.